The van der Waals surface area contributed by atoms with E-state index >= 15 is 0 Å². The fourth-order valence-electron chi connectivity index (χ4n) is 2.27. The van der Waals surface area contributed by atoms with Crippen molar-refractivity contribution in [1.82, 2.24) is 10.2 Å². The molecule has 1 aromatic carbocycles. The van der Waals surface area contributed by atoms with Crippen molar-refractivity contribution < 1.29 is 18.3 Å². The quantitative estimate of drug-likeness (QED) is 0.800. The van der Waals surface area contributed by atoms with E-state index < -0.39 is 24.0 Å². The summed E-state index contributed by atoms with van der Waals surface area (Å²) in [6.45, 7) is 2.04. The zero-order chi connectivity index (χ0) is 14.0. The van der Waals surface area contributed by atoms with Crippen LogP contribution in [-0.4, -0.2) is 42.6 Å². The molecule has 1 atom stereocenters. The van der Waals surface area contributed by atoms with Crippen molar-refractivity contribution >= 4 is 40.7 Å². The molecule has 1 aliphatic heterocycles. The van der Waals surface area contributed by atoms with E-state index in [9.17, 15) is 18.3 Å². The van der Waals surface area contributed by atoms with Crippen molar-refractivity contribution in [2.45, 2.75) is 12.5 Å². The maximum absolute atomic E-state index is 13.4. The molecule has 122 valence electrons. The van der Waals surface area contributed by atoms with Crippen LogP contribution in [0.5, 0.6) is 5.75 Å². The van der Waals surface area contributed by atoms with Gasteiger partial charge in [0.05, 0.1) is 0 Å². The Morgan fingerprint density at radius 3 is 2.29 bits per heavy atom. The van der Waals surface area contributed by atoms with Gasteiger partial charge in [0.2, 0.25) is 0 Å². The van der Waals surface area contributed by atoms with Crippen molar-refractivity contribution in [3.8, 4) is 5.75 Å². The maximum atomic E-state index is 13.4. The second-order valence-electron chi connectivity index (χ2n) is 4.36. The lowest BCUT2D eigenvalue weighted by Gasteiger charge is -2.35. The number of benzene rings is 1. The molecular weight excluding hydrogens is 396 g/mol. The number of phenols is 1. The molecule has 21 heavy (non-hydrogen) atoms. The molecule has 0 aliphatic carbocycles. The summed E-state index contributed by atoms with van der Waals surface area (Å²) in [5.41, 5.74) is -0.0862. The minimum absolute atomic E-state index is 0. The van der Waals surface area contributed by atoms with Crippen LogP contribution in [0.2, 0.25) is 0 Å². The Hall–Kier alpha value is -0.210. The first-order chi connectivity index (χ1) is 9.02. The molecule has 2 rings (SSSR count). The lowest BCUT2D eigenvalue weighted by molar-refractivity contribution is 0.0164. The second kappa shape index (κ2) is 9.05. The first-order valence-electron chi connectivity index (χ1n) is 5.92. The molecule has 2 N–H and O–H groups in total. The number of phenolic OH excluding ortho intramolecular Hbond substituents is 1. The molecule has 1 aliphatic rings. The third-order valence-corrected chi connectivity index (χ3v) is 3.89. The lowest BCUT2D eigenvalue weighted by Crippen LogP contribution is -2.47. The normalized spacial score (nSPS) is 17.0. The van der Waals surface area contributed by atoms with Gasteiger partial charge in [-0.25, -0.2) is 13.2 Å². The van der Waals surface area contributed by atoms with Crippen LogP contribution >= 0.6 is 40.7 Å². The predicted molar refractivity (Wildman–Crippen MR) is 83.4 cm³/mol. The number of nitrogens with one attached hydrogen (secondary N) is 1. The summed E-state index contributed by atoms with van der Waals surface area (Å²) in [6, 6.07) is 1.07. The van der Waals surface area contributed by atoms with Gasteiger partial charge in [0, 0.05) is 36.2 Å². The molecule has 0 saturated carbocycles. The van der Waals surface area contributed by atoms with E-state index in [0.29, 0.717) is 26.2 Å². The number of piperazine rings is 1. The van der Waals surface area contributed by atoms with E-state index in [0.717, 1.165) is 6.07 Å². The minimum atomic E-state index is -2.71. The Labute approximate surface area is 141 Å². The second-order valence-corrected chi connectivity index (χ2v) is 5.21. The van der Waals surface area contributed by atoms with Crippen LogP contribution in [0.3, 0.4) is 0 Å². The first kappa shape index (κ1) is 20.8. The van der Waals surface area contributed by atoms with Crippen molar-refractivity contribution in [2.24, 2.45) is 0 Å². The maximum Gasteiger partial charge on any atom is 0.258 e. The van der Waals surface area contributed by atoms with Gasteiger partial charge in [0.25, 0.3) is 6.43 Å². The highest BCUT2D eigenvalue weighted by molar-refractivity contribution is 9.10. The van der Waals surface area contributed by atoms with Gasteiger partial charge in [-0.1, -0.05) is 15.9 Å². The highest BCUT2D eigenvalue weighted by Gasteiger charge is 2.34. The van der Waals surface area contributed by atoms with Gasteiger partial charge in [-0.15, -0.1) is 24.8 Å². The molecule has 0 aromatic heterocycles. The molecular formula is C12H16BrCl2F3N2O. The standard InChI is InChI=1S/C12H14BrF3N2O.2ClH/c13-7-1-2-8(14)11(19)9(7)10(12(15)16)18-5-3-17-4-6-18;;/h1-2,10,12,17,19H,3-6H2;2*1H/t10-;;/m1../s1. The van der Waals surface area contributed by atoms with Gasteiger partial charge < -0.3 is 10.4 Å². The van der Waals surface area contributed by atoms with Crippen molar-refractivity contribution in [3.63, 3.8) is 0 Å². The van der Waals surface area contributed by atoms with Crippen molar-refractivity contribution in [3.05, 3.63) is 28.0 Å². The lowest BCUT2D eigenvalue weighted by atomic mass is 10.0. The van der Waals surface area contributed by atoms with Gasteiger partial charge >= 0.3 is 0 Å². The summed E-state index contributed by atoms with van der Waals surface area (Å²) in [4.78, 5) is 1.56. The van der Waals surface area contributed by atoms with Gasteiger partial charge in [0.15, 0.2) is 11.6 Å². The summed E-state index contributed by atoms with van der Waals surface area (Å²) < 4.78 is 40.4. The highest BCUT2D eigenvalue weighted by Crippen LogP contribution is 2.39. The Balaban J connectivity index is 0.00000200. The third kappa shape index (κ3) is 4.63. The van der Waals surface area contributed by atoms with Crippen LogP contribution in [0.4, 0.5) is 13.2 Å². The zero-order valence-electron chi connectivity index (χ0n) is 10.9. The predicted octanol–water partition coefficient (Wildman–Crippen LogP) is 3.35. The number of nitrogens with zero attached hydrogens (tertiary/aromatic N) is 1. The van der Waals surface area contributed by atoms with E-state index in [1.165, 1.54) is 6.07 Å². The largest absolute Gasteiger partial charge is 0.505 e. The van der Waals surface area contributed by atoms with E-state index in [-0.39, 0.29) is 34.9 Å². The number of aromatic hydroxyl groups is 1. The molecule has 0 spiro atoms. The zero-order valence-corrected chi connectivity index (χ0v) is 14.1. The molecule has 0 unspecified atom stereocenters. The average Bonchev–Trinajstić information content (AvgIpc) is 2.39. The Kier molecular flexibility index (Phi) is 8.96. The molecule has 1 heterocycles. The summed E-state index contributed by atoms with van der Waals surface area (Å²) in [6.07, 6.45) is -2.71. The molecule has 1 fully saturated rings. The van der Waals surface area contributed by atoms with E-state index in [2.05, 4.69) is 21.2 Å². The van der Waals surface area contributed by atoms with Crippen LogP contribution < -0.4 is 5.32 Å². The topological polar surface area (TPSA) is 35.5 Å². The van der Waals surface area contributed by atoms with Gasteiger partial charge in [-0.05, 0) is 12.1 Å². The first-order valence-corrected chi connectivity index (χ1v) is 6.71. The summed E-state index contributed by atoms with van der Waals surface area (Å²) in [7, 11) is 0. The number of hydrogen-bond donors (Lipinski definition) is 2. The van der Waals surface area contributed by atoms with E-state index in [1.807, 2.05) is 0 Å². The van der Waals surface area contributed by atoms with Crippen LogP contribution in [0.25, 0.3) is 0 Å². The van der Waals surface area contributed by atoms with Crippen LogP contribution in [0.15, 0.2) is 16.6 Å². The van der Waals surface area contributed by atoms with Crippen molar-refractivity contribution in [1.29, 1.82) is 0 Å². The van der Waals surface area contributed by atoms with E-state index in [1.54, 1.807) is 4.90 Å². The molecule has 0 bridgehead atoms. The molecule has 0 amide bonds. The van der Waals surface area contributed by atoms with Gasteiger partial charge in [-0.3, -0.25) is 4.90 Å². The Morgan fingerprint density at radius 2 is 1.76 bits per heavy atom. The SMILES string of the molecule is Cl.Cl.Oc1c(F)ccc(Br)c1[C@H](C(F)F)N1CCNCC1. The van der Waals surface area contributed by atoms with Gasteiger partial charge in [-0.2, -0.15) is 0 Å². The molecule has 9 heteroatoms. The van der Waals surface area contributed by atoms with Crippen LogP contribution in [0.1, 0.15) is 11.6 Å². The monoisotopic (exact) mass is 410 g/mol. The van der Waals surface area contributed by atoms with Crippen LogP contribution in [0, 0.1) is 5.82 Å². The van der Waals surface area contributed by atoms with Crippen LogP contribution in [-0.2, 0) is 0 Å². The van der Waals surface area contributed by atoms with Crippen molar-refractivity contribution in [2.75, 3.05) is 26.2 Å². The molecule has 3 nitrogen and oxygen atoms in total. The van der Waals surface area contributed by atoms with Gasteiger partial charge in [0.1, 0.15) is 6.04 Å². The molecule has 1 aromatic rings. The fourth-order valence-corrected chi connectivity index (χ4v) is 2.82. The summed E-state index contributed by atoms with van der Waals surface area (Å²) in [5, 5.41) is 12.8. The molecule has 0 radical (unpaired) electrons. The third-order valence-electron chi connectivity index (χ3n) is 3.19. The summed E-state index contributed by atoms with van der Waals surface area (Å²) in [5.74, 6) is -1.60. The number of hydrogen-bond acceptors (Lipinski definition) is 3. The van der Waals surface area contributed by atoms with E-state index in [4.69, 9.17) is 0 Å². The Bertz CT molecular complexity index is 462. The average molecular weight is 412 g/mol. The number of halogens is 6. The smallest absolute Gasteiger partial charge is 0.258 e. The Morgan fingerprint density at radius 1 is 1.19 bits per heavy atom. The molecule has 1 saturated heterocycles. The minimum Gasteiger partial charge on any atom is -0.505 e. The number of rotatable bonds is 3. The summed E-state index contributed by atoms with van der Waals surface area (Å²) >= 11 is 3.11. The highest BCUT2D eigenvalue weighted by atomic mass is 79.9. The fraction of sp³-hybridized carbons (Fsp3) is 0.500. The number of alkyl halides is 2.